The highest BCUT2D eigenvalue weighted by Crippen LogP contribution is 2.32. The van der Waals surface area contributed by atoms with Gasteiger partial charge in [0.15, 0.2) is 4.80 Å². The van der Waals surface area contributed by atoms with Crippen LogP contribution in [0.3, 0.4) is 0 Å². The third-order valence-corrected chi connectivity index (χ3v) is 7.44. The fourth-order valence-corrected chi connectivity index (χ4v) is 5.74. The van der Waals surface area contributed by atoms with Gasteiger partial charge in [-0.1, -0.05) is 65.4 Å². The summed E-state index contributed by atoms with van der Waals surface area (Å²) in [5.74, 6) is 0.204. The number of fused-ring (bicyclic) bond motifs is 2. The molecule has 8 heteroatoms. The van der Waals surface area contributed by atoms with Crippen LogP contribution in [0.5, 0.6) is 5.75 Å². The largest absolute Gasteiger partial charge is 0.493 e. The van der Waals surface area contributed by atoms with Crippen molar-refractivity contribution in [1.82, 2.24) is 4.57 Å². The summed E-state index contributed by atoms with van der Waals surface area (Å²) in [6.07, 6.45) is 1.86. The summed E-state index contributed by atoms with van der Waals surface area (Å²) < 4.78 is 13.3. The van der Waals surface area contributed by atoms with Crippen molar-refractivity contribution in [3.05, 3.63) is 108 Å². The normalized spacial score (nSPS) is 15.5. The van der Waals surface area contributed by atoms with Gasteiger partial charge in [-0.15, -0.1) is 0 Å². The molecule has 1 atom stereocenters. The molecule has 188 valence electrons. The SMILES string of the molecule is CCOC(=O)C1=C(C)N=c2s/c(=C\c3c(OCC)ccc4ccccc34)c(=O)n2[C@H]1c1ccc(Cl)cc1. The molecule has 1 aromatic heterocycles. The lowest BCUT2D eigenvalue weighted by molar-refractivity contribution is -0.139. The van der Waals surface area contributed by atoms with Crippen LogP contribution in [0.4, 0.5) is 0 Å². The quantitative estimate of drug-likeness (QED) is 0.328. The van der Waals surface area contributed by atoms with E-state index < -0.39 is 12.0 Å². The second kappa shape index (κ2) is 10.4. The molecule has 0 radical (unpaired) electrons. The molecule has 37 heavy (non-hydrogen) atoms. The Labute approximate surface area is 222 Å². The predicted molar refractivity (Wildman–Crippen MR) is 147 cm³/mol. The minimum absolute atomic E-state index is 0.217. The van der Waals surface area contributed by atoms with E-state index in [4.69, 9.17) is 21.1 Å². The highest BCUT2D eigenvalue weighted by Gasteiger charge is 2.33. The highest BCUT2D eigenvalue weighted by atomic mass is 35.5. The molecule has 0 unspecified atom stereocenters. The first-order valence-corrected chi connectivity index (χ1v) is 13.2. The Bertz CT molecular complexity index is 1720. The first-order chi connectivity index (χ1) is 17.9. The number of ether oxygens (including phenoxy) is 2. The van der Waals surface area contributed by atoms with Crippen LogP contribution in [0, 0.1) is 0 Å². The molecule has 4 aromatic rings. The zero-order chi connectivity index (χ0) is 26.1. The molecule has 6 nitrogen and oxygen atoms in total. The number of halogens is 1. The van der Waals surface area contributed by atoms with Gasteiger partial charge in [0.05, 0.1) is 35.1 Å². The fraction of sp³-hybridized carbons (Fsp3) is 0.207. The van der Waals surface area contributed by atoms with Gasteiger partial charge in [-0.25, -0.2) is 9.79 Å². The molecule has 1 aliphatic heterocycles. The lowest BCUT2D eigenvalue weighted by Gasteiger charge is -2.24. The van der Waals surface area contributed by atoms with Gasteiger partial charge < -0.3 is 9.47 Å². The minimum atomic E-state index is -0.686. The molecule has 0 aliphatic carbocycles. The number of hydrogen-bond acceptors (Lipinski definition) is 6. The van der Waals surface area contributed by atoms with Crippen molar-refractivity contribution in [3.8, 4) is 5.75 Å². The summed E-state index contributed by atoms with van der Waals surface area (Å²) >= 11 is 7.42. The minimum Gasteiger partial charge on any atom is -0.493 e. The molecule has 0 bridgehead atoms. The summed E-state index contributed by atoms with van der Waals surface area (Å²) in [5, 5.41) is 2.59. The number of benzene rings is 3. The molecular weight excluding hydrogens is 508 g/mol. The number of esters is 1. The van der Waals surface area contributed by atoms with E-state index in [0.29, 0.717) is 38.0 Å². The smallest absolute Gasteiger partial charge is 0.338 e. The van der Waals surface area contributed by atoms with Crippen molar-refractivity contribution in [2.45, 2.75) is 26.8 Å². The number of allylic oxidation sites excluding steroid dienone is 1. The molecule has 0 spiro atoms. The van der Waals surface area contributed by atoms with E-state index >= 15 is 0 Å². The highest BCUT2D eigenvalue weighted by molar-refractivity contribution is 7.07. The number of nitrogens with zero attached hydrogens (tertiary/aromatic N) is 2. The number of carbonyl (C=O) groups excluding carboxylic acids is 1. The van der Waals surface area contributed by atoms with E-state index in [2.05, 4.69) is 4.99 Å². The van der Waals surface area contributed by atoms with Crippen molar-refractivity contribution in [3.63, 3.8) is 0 Å². The maximum absolute atomic E-state index is 13.9. The summed E-state index contributed by atoms with van der Waals surface area (Å²) in [6.45, 7) is 6.16. The molecule has 0 amide bonds. The Kier molecular flexibility index (Phi) is 7.00. The van der Waals surface area contributed by atoms with Crippen molar-refractivity contribution < 1.29 is 14.3 Å². The monoisotopic (exact) mass is 532 g/mol. The lowest BCUT2D eigenvalue weighted by atomic mass is 9.96. The topological polar surface area (TPSA) is 69.9 Å². The molecule has 0 N–H and O–H groups in total. The van der Waals surface area contributed by atoms with Crippen molar-refractivity contribution >= 4 is 45.8 Å². The number of hydrogen-bond donors (Lipinski definition) is 0. The van der Waals surface area contributed by atoms with E-state index in [-0.39, 0.29) is 12.2 Å². The van der Waals surface area contributed by atoms with Crippen molar-refractivity contribution in [1.29, 1.82) is 0 Å². The maximum Gasteiger partial charge on any atom is 0.338 e. The summed E-state index contributed by atoms with van der Waals surface area (Å²) in [5.41, 5.74) is 2.19. The molecule has 0 fully saturated rings. The van der Waals surface area contributed by atoms with Crippen LogP contribution in [0.2, 0.25) is 5.02 Å². The second-order valence-corrected chi connectivity index (χ2v) is 9.93. The van der Waals surface area contributed by atoms with Gasteiger partial charge in [0.25, 0.3) is 5.56 Å². The Balaban J connectivity index is 1.77. The van der Waals surface area contributed by atoms with Crippen molar-refractivity contribution in [2.75, 3.05) is 13.2 Å². The van der Waals surface area contributed by atoms with Crippen LogP contribution in [-0.4, -0.2) is 23.8 Å². The summed E-state index contributed by atoms with van der Waals surface area (Å²) in [6, 6.07) is 18.4. The molecule has 5 rings (SSSR count). The van der Waals surface area contributed by atoms with E-state index in [9.17, 15) is 9.59 Å². The standard InChI is InChI=1S/C29H25ClN2O4S/c1-4-35-23-15-12-18-8-6-7-9-21(18)22(23)16-24-27(33)32-26(19-10-13-20(30)14-11-19)25(28(34)36-5-2)17(3)31-29(32)37-24/h6-16,26H,4-5H2,1-3H3/b24-16-/t26-/m0/s1. The van der Waals surface area contributed by atoms with Gasteiger partial charge in [-0.2, -0.15) is 0 Å². The second-order valence-electron chi connectivity index (χ2n) is 8.49. The van der Waals surface area contributed by atoms with Crippen LogP contribution < -0.4 is 19.6 Å². The van der Waals surface area contributed by atoms with E-state index in [1.54, 1.807) is 30.5 Å². The first-order valence-electron chi connectivity index (χ1n) is 12.0. The third-order valence-electron chi connectivity index (χ3n) is 6.21. The zero-order valence-corrected chi connectivity index (χ0v) is 22.2. The molecule has 0 saturated carbocycles. The van der Waals surface area contributed by atoms with Gasteiger partial charge in [0.1, 0.15) is 5.75 Å². The van der Waals surface area contributed by atoms with Gasteiger partial charge in [0.2, 0.25) is 0 Å². The van der Waals surface area contributed by atoms with Crippen molar-refractivity contribution in [2.24, 2.45) is 4.99 Å². The summed E-state index contributed by atoms with van der Waals surface area (Å²) in [4.78, 5) is 32.2. The van der Waals surface area contributed by atoms with E-state index in [1.165, 1.54) is 11.3 Å². The maximum atomic E-state index is 13.9. The van der Waals surface area contributed by atoms with Crippen LogP contribution in [0.25, 0.3) is 16.8 Å². The number of aromatic nitrogens is 1. The van der Waals surface area contributed by atoms with Gasteiger partial charge >= 0.3 is 5.97 Å². The average Bonchev–Trinajstić information content (AvgIpc) is 3.19. The number of thiazole rings is 1. The molecule has 3 aromatic carbocycles. The Morgan fingerprint density at radius 2 is 1.84 bits per heavy atom. The average molecular weight is 533 g/mol. The van der Waals surface area contributed by atoms with Crippen LogP contribution in [0.1, 0.15) is 37.9 Å². The van der Waals surface area contributed by atoms with Gasteiger partial charge in [-0.3, -0.25) is 9.36 Å². The van der Waals surface area contributed by atoms with Crippen LogP contribution >= 0.6 is 22.9 Å². The van der Waals surface area contributed by atoms with Crippen LogP contribution in [0.15, 0.2) is 81.7 Å². The van der Waals surface area contributed by atoms with E-state index in [1.807, 2.05) is 61.5 Å². The lowest BCUT2D eigenvalue weighted by Crippen LogP contribution is -2.39. The number of rotatable bonds is 6. The molecule has 1 aliphatic rings. The summed E-state index contributed by atoms with van der Waals surface area (Å²) in [7, 11) is 0. The first kappa shape index (κ1) is 25.0. The van der Waals surface area contributed by atoms with E-state index in [0.717, 1.165) is 21.9 Å². The zero-order valence-electron chi connectivity index (χ0n) is 20.7. The fourth-order valence-electron chi connectivity index (χ4n) is 4.59. The molecule has 2 heterocycles. The third kappa shape index (κ3) is 4.61. The predicted octanol–water partition coefficient (Wildman–Crippen LogP) is 5.00. The number of carbonyl (C=O) groups is 1. The Hall–Kier alpha value is -3.68. The molecular formula is C29H25ClN2O4S. The Morgan fingerprint density at radius 3 is 2.57 bits per heavy atom. The van der Waals surface area contributed by atoms with Crippen LogP contribution in [-0.2, 0) is 9.53 Å². The Morgan fingerprint density at radius 1 is 1.08 bits per heavy atom. The van der Waals surface area contributed by atoms with Gasteiger partial charge in [-0.05, 0) is 61.4 Å². The molecule has 0 saturated heterocycles. The van der Waals surface area contributed by atoms with Gasteiger partial charge in [0, 0.05) is 10.6 Å².